The zero-order valence-electron chi connectivity index (χ0n) is 15.5. The quantitative estimate of drug-likeness (QED) is 0.311. The van der Waals surface area contributed by atoms with Crippen LogP contribution in [0.3, 0.4) is 0 Å². The highest BCUT2D eigenvalue weighted by Gasteiger charge is 2.46. The molecule has 0 aliphatic carbocycles. The van der Waals surface area contributed by atoms with Gasteiger partial charge in [-0.15, -0.1) is 0 Å². The fourth-order valence-electron chi connectivity index (χ4n) is 4.05. The topological polar surface area (TPSA) is 72.2 Å². The third-order valence-corrected chi connectivity index (χ3v) is 6.13. The summed E-state index contributed by atoms with van der Waals surface area (Å²) in [7, 11) is 0. The van der Waals surface area contributed by atoms with E-state index in [1.807, 2.05) is 54.6 Å². The molecule has 1 aliphatic heterocycles. The number of nitro groups is 1. The Morgan fingerprint density at radius 3 is 2.24 bits per heavy atom. The summed E-state index contributed by atoms with van der Waals surface area (Å²) in [5.74, 6) is -0.628. The van der Waals surface area contributed by atoms with Gasteiger partial charge in [-0.2, -0.15) is 0 Å². The molecule has 3 aromatic carbocycles. The van der Waals surface area contributed by atoms with E-state index in [0.29, 0.717) is 5.56 Å². The molecule has 0 radical (unpaired) electrons. The Bertz CT molecular complexity index is 1050. The number of hydrogen-bond donors (Lipinski definition) is 1. The maximum atomic E-state index is 12.9. The van der Waals surface area contributed by atoms with Crippen molar-refractivity contribution in [3.63, 3.8) is 0 Å². The SMILES string of the molecule is O=C(C[C@@H]1c2ccccc2N[C@@H](c2ccccc2Br)[C@H]1[N+](=O)[O-])c1ccccc1. The van der Waals surface area contributed by atoms with E-state index < -0.39 is 18.0 Å². The number of halogens is 1. The van der Waals surface area contributed by atoms with Crippen molar-refractivity contribution in [2.75, 3.05) is 5.32 Å². The molecule has 6 heteroatoms. The summed E-state index contributed by atoms with van der Waals surface area (Å²) in [6.45, 7) is 0. The normalized spacial score (nSPS) is 20.4. The van der Waals surface area contributed by atoms with Gasteiger partial charge in [-0.05, 0) is 23.3 Å². The molecule has 0 saturated heterocycles. The molecule has 0 fully saturated rings. The molecule has 0 spiro atoms. The molecule has 3 atom stereocenters. The Hall–Kier alpha value is -2.99. The first-order valence-corrected chi connectivity index (χ1v) is 10.2. The summed E-state index contributed by atoms with van der Waals surface area (Å²) in [6, 6.07) is 22.5. The van der Waals surface area contributed by atoms with Crippen LogP contribution in [0.4, 0.5) is 5.69 Å². The second-order valence-electron chi connectivity index (χ2n) is 7.11. The molecule has 0 aromatic heterocycles. The van der Waals surface area contributed by atoms with Crippen LogP contribution in [0.1, 0.15) is 39.9 Å². The van der Waals surface area contributed by atoms with Gasteiger partial charge in [0.2, 0.25) is 6.04 Å². The van der Waals surface area contributed by atoms with E-state index >= 15 is 0 Å². The maximum Gasteiger partial charge on any atom is 0.244 e. The van der Waals surface area contributed by atoms with Crippen molar-refractivity contribution in [1.82, 2.24) is 0 Å². The monoisotopic (exact) mass is 450 g/mol. The average Bonchev–Trinajstić information content (AvgIpc) is 2.74. The van der Waals surface area contributed by atoms with Gasteiger partial charge in [-0.25, -0.2) is 0 Å². The highest BCUT2D eigenvalue weighted by molar-refractivity contribution is 9.10. The Kier molecular flexibility index (Phi) is 5.45. The van der Waals surface area contributed by atoms with E-state index in [9.17, 15) is 14.9 Å². The van der Waals surface area contributed by atoms with Crippen molar-refractivity contribution >= 4 is 27.4 Å². The summed E-state index contributed by atoms with van der Waals surface area (Å²) in [5.41, 5.74) is 3.02. The molecular formula is C23H19BrN2O3. The number of carbonyl (C=O) groups is 1. The van der Waals surface area contributed by atoms with Gasteiger partial charge >= 0.3 is 0 Å². The zero-order chi connectivity index (χ0) is 20.4. The number of ketones is 1. The first kappa shape index (κ1) is 19.3. The van der Waals surface area contributed by atoms with E-state index in [0.717, 1.165) is 21.3 Å². The highest BCUT2D eigenvalue weighted by atomic mass is 79.9. The Morgan fingerprint density at radius 2 is 1.55 bits per heavy atom. The zero-order valence-corrected chi connectivity index (χ0v) is 17.1. The van der Waals surface area contributed by atoms with Gasteiger partial charge in [0.1, 0.15) is 6.04 Å². The molecule has 5 nitrogen and oxygen atoms in total. The summed E-state index contributed by atoms with van der Waals surface area (Å²) in [6.07, 6.45) is 0.0787. The van der Waals surface area contributed by atoms with Crippen molar-refractivity contribution in [3.8, 4) is 0 Å². The van der Waals surface area contributed by atoms with Crippen LogP contribution in [0.5, 0.6) is 0 Å². The fraction of sp³-hybridized carbons (Fsp3) is 0.174. The largest absolute Gasteiger partial charge is 0.372 e. The number of para-hydroxylation sites is 1. The predicted molar refractivity (Wildman–Crippen MR) is 116 cm³/mol. The maximum absolute atomic E-state index is 12.9. The average molecular weight is 451 g/mol. The van der Waals surface area contributed by atoms with Gasteiger partial charge in [-0.1, -0.05) is 82.7 Å². The molecule has 3 aromatic rings. The predicted octanol–water partition coefficient (Wildman–Crippen LogP) is 5.62. The molecule has 146 valence electrons. The molecule has 29 heavy (non-hydrogen) atoms. The van der Waals surface area contributed by atoms with Crippen molar-refractivity contribution in [2.24, 2.45) is 0 Å². The van der Waals surface area contributed by atoms with Crippen molar-refractivity contribution < 1.29 is 9.72 Å². The van der Waals surface area contributed by atoms with Crippen LogP contribution in [-0.4, -0.2) is 16.7 Å². The number of carbonyl (C=O) groups excluding carboxylic acids is 1. The van der Waals surface area contributed by atoms with Gasteiger partial charge in [0.05, 0.1) is 5.92 Å². The lowest BCUT2D eigenvalue weighted by Gasteiger charge is -2.36. The number of benzene rings is 3. The lowest BCUT2D eigenvalue weighted by Crippen LogP contribution is -2.42. The lowest BCUT2D eigenvalue weighted by molar-refractivity contribution is -0.530. The number of nitrogens with one attached hydrogen (secondary N) is 1. The first-order chi connectivity index (χ1) is 14.1. The van der Waals surface area contributed by atoms with Crippen LogP contribution < -0.4 is 5.32 Å². The van der Waals surface area contributed by atoms with Gasteiger partial charge in [0.15, 0.2) is 5.78 Å². The Balaban J connectivity index is 1.79. The molecule has 1 N–H and O–H groups in total. The smallest absolute Gasteiger partial charge is 0.244 e. The third kappa shape index (κ3) is 3.80. The number of nitrogens with zero attached hydrogens (tertiary/aromatic N) is 1. The van der Waals surface area contributed by atoms with Crippen LogP contribution in [0, 0.1) is 10.1 Å². The number of hydrogen-bond acceptors (Lipinski definition) is 4. The van der Waals surface area contributed by atoms with E-state index in [1.165, 1.54) is 0 Å². The summed E-state index contributed by atoms with van der Waals surface area (Å²) in [5, 5.41) is 15.6. The van der Waals surface area contributed by atoms with Crippen LogP contribution in [0.15, 0.2) is 83.3 Å². The minimum atomic E-state index is -0.976. The molecule has 0 amide bonds. The number of Topliss-reactive ketones (excluding diaryl/α,β-unsaturated/α-hetero) is 1. The van der Waals surface area contributed by atoms with Crippen LogP contribution >= 0.6 is 15.9 Å². The lowest BCUT2D eigenvalue weighted by atomic mass is 9.77. The van der Waals surface area contributed by atoms with Gasteiger partial charge in [0, 0.05) is 27.1 Å². The van der Waals surface area contributed by atoms with E-state index in [1.54, 1.807) is 24.3 Å². The number of anilines is 1. The first-order valence-electron chi connectivity index (χ1n) is 9.38. The Labute approximate surface area is 177 Å². The van der Waals surface area contributed by atoms with Crippen LogP contribution in [-0.2, 0) is 0 Å². The van der Waals surface area contributed by atoms with E-state index in [4.69, 9.17) is 0 Å². The van der Waals surface area contributed by atoms with Crippen molar-refractivity contribution in [3.05, 3.63) is 110 Å². The van der Waals surface area contributed by atoms with Gasteiger partial charge in [-0.3, -0.25) is 14.9 Å². The van der Waals surface area contributed by atoms with Gasteiger partial charge < -0.3 is 5.32 Å². The standard InChI is InChI=1S/C23H19BrN2O3/c24-19-12-6-4-11-17(19)22-23(26(28)29)18(16-10-5-7-13-20(16)25-22)14-21(27)15-8-2-1-3-9-15/h1-13,18,22-23,25H,14H2/t18-,22+,23+/m1/s1. The molecular weight excluding hydrogens is 432 g/mol. The fourth-order valence-corrected chi connectivity index (χ4v) is 4.58. The number of rotatable bonds is 5. The van der Waals surface area contributed by atoms with Crippen molar-refractivity contribution in [1.29, 1.82) is 0 Å². The van der Waals surface area contributed by atoms with Crippen LogP contribution in [0.25, 0.3) is 0 Å². The molecule has 4 rings (SSSR count). The summed E-state index contributed by atoms with van der Waals surface area (Å²) < 4.78 is 0.803. The molecule has 0 unspecified atom stereocenters. The second-order valence-corrected chi connectivity index (χ2v) is 7.96. The molecule has 0 saturated carbocycles. The highest BCUT2D eigenvalue weighted by Crippen LogP contribution is 2.45. The Morgan fingerprint density at radius 1 is 0.931 bits per heavy atom. The second kappa shape index (κ2) is 8.17. The third-order valence-electron chi connectivity index (χ3n) is 5.41. The summed E-state index contributed by atoms with van der Waals surface area (Å²) in [4.78, 5) is 24.9. The number of fused-ring (bicyclic) bond motifs is 1. The molecule has 1 aliphatic rings. The van der Waals surface area contributed by atoms with Crippen molar-refractivity contribution in [2.45, 2.75) is 24.4 Å². The minimum absolute atomic E-state index is 0.0787. The van der Waals surface area contributed by atoms with Crippen LogP contribution in [0.2, 0.25) is 0 Å². The van der Waals surface area contributed by atoms with E-state index in [-0.39, 0.29) is 17.1 Å². The summed E-state index contributed by atoms with van der Waals surface area (Å²) >= 11 is 3.53. The van der Waals surface area contributed by atoms with E-state index in [2.05, 4.69) is 21.2 Å². The molecule has 1 heterocycles. The van der Waals surface area contributed by atoms with Gasteiger partial charge in [0.25, 0.3) is 0 Å². The molecule has 0 bridgehead atoms. The minimum Gasteiger partial charge on any atom is -0.372 e.